The summed E-state index contributed by atoms with van der Waals surface area (Å²) in [6, 6.07) is 9.91. The van der Waals surface area contributed by atoms with E-state index in [-0.39, 0.29) is 5.91 Å². The molecular formula is C18H19N5O. The third-order valence-corrected chi connectivity index (χ3v) is 4.41. The number of aromatic amines is 1. The number of piperazine rings is 1. The number of carbonyl (C=O) groups excluding carboxylic acids is 1. The van der Waals surface area contributed by atoms with Crippen molar-refractivity contribution in [2.24, 2.45) is 0 Å². The third kappa shape index (κ3) is 2.71. The van der Waals surface area contributed by atoms with Gasteiger partial charge in [-0.1, -0.05) is 11.6 Å². The average Bonchev–Trinajstić information content (AvgIpc) is 3.05. The smallest absolute Gasteiger partial charge is 0.270 e. The fourth-order valence-electron chi connectivity index (χ4n) is 3.10. The third-order valence-electron chi connectivity index (χ3n) is 4.41. The molecule has 6 nitrogen and oxygen atoms in total. The molecule has 2 aromatic heterocycles. The van der Waals surface area contributed by atoms with Gasteiger partial charge in [0.1, 0.15) is 5.69 Å². The molecular weight excluding hydrogens is 302 g/mol. The summed E-state index contributed by atoms with van der Waals surface area (Å²) in [5.74, 6) is 0.781. The zero-order valence-corrected chi connectivity index (χ0v) is 13.6. The van der Waals surface area contributed by atoms with Crippen molar-refractivity contribution in [1.29, 1.82) is 0 Å². The maximum absolute atomic E-state index is 12.7. The number of carbonyl (C=O) groups is 1. The zero-order valence-electron chi connectivity index (χ0n) is 13.6. The number of anilines is 1. The summed E-state index contributed by atoms with van der Waals surface area (Å²) < 4.78 is 0. The summed E-state index contributed by atoms with van der Waals surface area (Å²) in [7, 11) is 0. The monoisotopic (exact) mass is 321 g/mol. The van der Waals surface area contributed by atoms with Crippen LogP contribution in [0.4, 0.5) is 5.95 Å². The first-order valence-electron chi connectivity index (χ1n) is 8.11. The topological polar surface area (TPSA) is 65.1 Å². The lowest BCUT2D eigenvalue weighted by Crippen LogP contribution is -2.49. The molecule has 0 aliphatic carbocycles. The standard InChI is InChI=1S/C18H19N5O/c1-13-3-4-15-14(11-13)12-16(21-15)17(24)22-7-9-23(10-8-22)18-19-5-2-6-20-18/h2-6,11-12,21H,7-10H2,1H3. The van der Waals surface area contributed by atoms with Crippen LogP contribution in [0.15, 0.2) is 42.7 Å². The molecule has 3 aromatic rings. The number of aryl methyl sites for hydroxylation is 1. The van der Waals surface area contributed by atoms with Gasteiger partial charge in [-0.2, -0.15) is 0 Å². The van der Waals surface area contributed by atoms with Gasteiger partial charge in [0.15, 0.2) is 0 Å². The second kappa shape index (κ2) is 5.96. The largest absolute Gasteiger partial charge is 0.351 e. The Hall–Kier alpha value is -2.89. The Bertz CT molecular complexity index is 866. The van der Waals surface area contributed by atoms with Gasteiger partial charge in [-0.25, -0.2) is 9.97 Å². The van der Waals surface area contributed by atoms with E-state index in [4.69, 9.17) is 0 Å². The van der Waals surface area contributed by atoms with Crippen molar-refractivity contribution < 1.29 is 4.79 Å². The van der Waals surface area contributed by atoms with Crippen LogP contribution in [-0.4, -0.2) is 51.9 Å². The van der Waals surface area contributed by atoms with Crippen LogP contribution in [0, 0.1) is 6.92 Å². The van der Waals surface area contributed by atoms with Crippen LogP contribution < -0.4 is 4.90 Å². The molecule has 0 bridgehead atoms. The summed E-state index contributed by atoms with van der Waals surface area (Å²) >= 11 is 0. The van der Waals surface area contributed by atoms with Gasteiger partial charge >= 0.3 is 0 Å². The number of fused-ring (bicyclic) bond motifs is 1. The second-order valence-corrected chi connectivity index (χ2v) is 6.10. The Kier molecular flexibility index (Phi) is 3.65. The number of H-pyrrole nitrogens is 1. The Labute approximate surface area is 140 Å². The van der Waals surface area contributed by atoms with Crippen LogP contribution in [0.1, 0.15) is 16.1 Å². The molecule has 1 saturated heterocycles. The number of hydrogen-bond acceptors (Lipinski definition) is 4. The van der Waals surface area contributed by atoms with Crippen LogP contribution in [-0.2, 0) is 0 Å². The number of nitrogens with zero attached hydrogens (tertiary/aromatic N) is 4. The van der Waals surface area contributed by atoms with Crippen LogP contribution >= 0.6 is 0 Å². The summed E-state index contributed by atoms with van der Waals surface area (Å²) in [5.41, 5.74) is 2.84. The van der Waals surface area contributed by atoms with E-state index >= 15 is 0 Å². The highest BCUT2D eigenvalue weighted by molar-refractivity contribution is 5.98. The summed E-state index contributed by atoms with van der Waals surface area (Å²) in [6.45, 7) is 4.89. The maximum atomic E-state index is 12.7. The molecule has 1 aliphatic rings. The quantitative estimate of drug-likeness (QED) is 0.786. The molecule has 1 amide bonds. The van der Waals surface area contributed by atoms with E-state index in [0.29, 0.717) is 18.8 Å². The van der Waals surface area contributed by atoms with Gasteiger partial charge in [0.2, 0.25) is 5.95 Å². The van der Waals surface area contributed by atoms with E-state index in [1.807, 2.05) is 23.1 Å². The van der Waals surface area contributed by atoms with Gasteiger partial charge < -0.3 is 14.8 Å². The first-order chi connectivity index (χ1) is 11.7. The van der Waals surface area contributed by atoms with Crippen molar-refractivity contribution in [2.45, 2.75) is 6.92 Å². The van der Waals surface area contributed by atoms with E-state index in [1.54, 1.807) is 18.5 Å². The second-order valence-electron chi connectivity index (χ2n) is 6.10. The molecule has 1 aromatic carbocycles. The molecule has 0 saturated carbocycles. The van der Waals surface area contributed by atoms with Crippen LogP contribution in [0.25, 0.3) is 10.9 Å². The first-order valence-corrected chi connectivity index (χ1v) is 8.11. The minimum absolute atomic E-state index is 0.0532. The number of nitrogens with one attached hydrogen (secondary N) is 1. The van der Waals surface area contributed by atoms with Crippen molar-refractivity contribution in [3.63, 3.8) is 0 Å². The highest BCUT2D eigenvalue weighted by atomic mass is 16.2. The van der Waals surface area contributed by atoms with Gasteiger partial charge in [-0.15, -0.1) is 0 Å². The Morgan fingerprint density at radius 2 is 1.83 bits per heavy atom. The van der Waals surface area contributed by atoms with E-state index in [9.17, 15) is 4.79 Å². The lowest BCUT2D eigenvalue weighted by atomic mass is 10.2. The molecule has 6 heteroatoms. The average molecular weight is 321 g/mol. The molecule has 0 spiro atoms. The normalized spacial score (nSPS) is 15.0. The molecule has 3 heterocycles. The Morgan fingerprint density at radius 1 is 1.08 bits per heavy atom. The van der Waals surface area contributed by atoms with Crippen molar-refractivity contribution in [3.8, 4) is 0 Å². The minimum Gasteiger partial charge on any atom is -0.351 e. The molecule has 0 unspecified atom stereocenters. The molecule has 1 N–H and O–H groups in total. The fourth-order valence-corrected chi connectivity index (χ4v) is 3.10. The summed E-state index contributed by atoms with van der Waals surface area (Å²) in [5, 5.41) is 1.08. The summed E-state index contributed by atoms with van der Waals surface area (Å²) in [6.07, 6.45) is 3.48. The Morgan fingerprint density at radius 3 is 2.58 bits per heavy atom. The molecule has 1 fully saturated rings. The lowest BCUT2D eigenvalue weighted by Gasteiger charge is -2.34. The molecule has 1 aliphatic heterocycles. The number of benzene rings is 1. The lowest BCUT2D eigenvalue weighted by molar-refractivity contribution is 0.0741. The summed E-state index contributed by atoms with van der Waals surface area (Å²) in [4.78, 5) is 28.5. The molecule has 122 valence electrons. The van der Waals surface area contributed by atoms with E-state index in [0.717, 1.165) is 29.9 Å². The van der Waals surface area contributed by atoms with Crippen molar-refractivity contribution in [1.82, 2.24) is 19.9 Å². The van der Waals surface area contributed by atoms with Gasteiger partial charge in [-0.05, 0) is 31.2 Å². The predicted octanol–water partition coefficient (Wildman–Crippen LogP) is 2.23. The van der Waals surface area contributed by atoms with E-state index in [1.165, 1.54) is 5.56 Å². The number of amides is 1. The van der Waals surface area contributed by atoms with E-state index in [2.05, 4.69) is 32.8 Å². The SMILES string of the molecule is Cc1ccc2[nH]c(C(=O)N3CCN(c4ncccn4)CC3)cc2c1. The molecule has 24 heavy (non-hydrogen) atoms. The van der Waals surface area contributed by atoms with Gasteiger partial charge in [0, 0.05) is 49.5 Å². The Balaban J connectivity index is 1.47. The molecule has 0 radical (unpaired) electrons. The predicted molar refractivity (Wildman–Crippen MR) is 93.2 cm³/mol. The van der Waals surface area contributed by atoms with Crippen molar-refractivity contribution >= 4 is 22.8 Å². The van der Waals surface area contributed by atoms with Crippen molar-refractivity contribution in [2.75, 3.05) is 31.1 Å². The molecule has 0 atom stereocenters. The van der Waals surface area contributed by atoms with Crippen LogP contribution in [0.5, 0.6) is 0 Å². The van der Waals surface area contributed by atoms with E-state index < -0.39 is 0 Å². The fraction of sp³-hybridized carbons (Fsp3) is 0.278. The van der Waals surface area contributed by atoms with Crippen LogP contribution in [0.2, 0.25) is 0 Å². The number of hydrogen-bond donors (Lipinski definition) is 1. The number of rotatable bonds is 2. The minimum atomic E-state index is 0.0532. The van der Waals surface area contributed by atoms with Crippen LogP contribution in [0.3, 0.4) is 0 Å². The number of aromatic nitrogens is 3. The van der Waals surface area contributed by atoms with Crippen molar-refractivity contribution in [3.05, 3.63) is 54.0 Å². The molecule has 4 rings (SSSR count). The highest BCUT2D eigenvalue weighted by Crippen LogP contribution is 2.19. The highest BCUT2D eigenvalue weighted by Gasteiger charge is 2.24. The van der Waals surface area contributed by atoms with Gasteiger partial charge in [-0.3, -0.25) is 4.79 Å². The zero-order chi connectivity index (χ0) is 16.5. The first kappa shape index (κ1) is 14.7. The van der Waals surface area contributed by atoms with Gasteiger partial charge in [0.25, 0.3) is 5.91 Å². The van der Waals surface area contributed by atoms with Gasteiger partial charge in [0.05, 0.1) is 0 Å². The maximum Gasteiger partial charge on any atom is 0.270 e.